The van der Waals surface area contributed by atoms with Crippen LogP contribution < -0.4 is 10.2 Å². The van der Waals surface area contributed by atoms with Gasteiger partial charge in [0.05, 0.1) is 0 Å². The maximum absolute atomic E-state index is 12.7. The van der Waals surface area contributed by atoms with Crippen LogP contribution in [0.4, 0.5) is 5.95 Å². The maximum atomic E-state index is 12.7. The zero-order valence-corrected chi connectivity index (χ0v) is 14.4. The van der Waals surface area contributed by atoms with E-state index in [4.69, 9.17) is 0 Å². The van der Waals surface area contributed by atoms with Crippen molar-refractivity contribution in [3.8, 4) is 0 Å². The van der Waals surface area contributed by atoms with E-state index in [1.165, 1.54) is 0 Å². The first-order valence-corrected chi connectivity index (χ1v) is 8.78. The topological polar surface area (TPSA) is 90.0 Å². The molecule has 2 aromatic heterocycles. The largest absolute Gasteiger partial charge is 0.346 e. The van der Waals surface area contributed by atoms with E-state index in [2.05, 4.69) is 42.3 Å². The van der Waals surface area contributed by atoms with E-state index in [1.54, 1.807) is 12.4 Å². The number of anilines is 1. The zero-order valence-electron chi connectivity index (χ0n) is 14.4. The van der Waals surface area contributed by atoms with Gasteiger partial charge in [0.25, 0.3) is 5.91 Å². The van der Waals surface area contributed by atoms with Crippen LogP contribution in [0, 0.1) is 0 Å². The number of rotatable bonds is 3. The average molecular weight is 341 g/mol. The fourth-order valence-electron chi connectivity index (χ4n) is 3.60. The fourth-order valence-corrected chi connectivity index (χ4v) is 3.60. The summed E-state index contributed by atoms with van der Waals surface area (Å²) in [7, 11) is 2.07. The first-order valence-electron chi connectivity index (χ1n) is 8.78. The molecule has 2 N–H and O–H groups in total. The van der Waals surface area contributed by atoms with E-state index in [0.717, 1.165) is 62.6 Å². The minimum absolute atomic E-state index is 0.0822. The van der Waals surface area contributed by atoms with Gasteiger partial charge < -0.3 is 15.1 Å². The number of nitrogens with one attached hydrogen (secondary N) is 2. The summed E-state index contributed by atoms with van der Waals surface area (Å²) in [6, 6.07) is 1.89. The van der Waals surface area contributed by atoms with E-state index in [9.17, 15) is 4.79 Å². The molecule has 8 heteroatoms. The molecule has 8 nitrogen and oxygen atoms in total. The van der Waals surface area contributed by atoms with Crippen LogP contribution in [0.2, 0.25) is 0 Å². The van der Waals surface area contributed by atoms with Gasteiger partial charge in [-0.25, -0.2) is 9.97 Å². The van der Waals surface area contributed by atoms with Crippen LogP contribution in [0.15, 0.2) is 18.5 Å². The molecule has 0 aliphatic carbocycles. The number of aromatic nitrogens is 4. The highest BCUT2D eigenvalue weighted by Crippen LogP contribution is 2.20. The van der Waals surface area contributed by atoms with E-state index in [1.807, 2.05) is 6.07 Å². The highest BCUT2D eigenvalue weighted by Gasteiger charge is 2.27. The Morgan fingerprint density at radius 1 is 1.32 bits per heavy atom. The molecule has 2 aliphatic rings. The van der Waals surface area contributed by atoms with Crippen LogP contribution in [0.3, 0.4) is 0 Å². The number of carbonyl (C=O) groups excluding carboxylic acids is 1. The quantitative estimate of drug-likeness (QED) is 0.849. The maximum Gasteiger partial charge on any atom is 0.272 e. The average Bonchev–Trinajstić information content (AvgIpc) is 3.06. The van der Waals surface area contributed by atoms with Gasteiger partial charge in [-0.3, -0.25) is 9.89 Å². The van der Waals surface area contributed by atoms with E-state index >= 15 is 0 Å². The SMILES string of the molecule is CN1CCc2[nH]nc(C(=O)N[C@H]3CCCN(c4ncccn4)C3)c2C1. The Morgan fingerprint density at radius 2 is 2.16 bits per heavy atom. The molecule has 1 amide bonds. The number of hydrogen-bond acceptors (Lipinski definition) is 6. The molecular formula is C17H23N7O. The number of aromatic amines is 1. The third-order valence-electron chi connectivity index (χ3n) is 4.93. The summed E-state index contributed by atoms with van der Waals surface area (Å²) in [5, 5.41) is 10.5. The number of amides is 1. The molecule has 1 fully saturated rings. The summed E-state index contributed by atoms with van der Waals surface area (Å²) in [6.45, 7) is 3.40. The Labute approximate surface area is 146 Å². The number of carbonyl (C=O) groups is 1. The number of H-pyrrole nitrogens is 1. The van der Waals surface area contributed by atoms with Gasteiger partial charge >= 0.3 is 0 Å². The lowest BCUT2D eigenvalue weighted by Crippen LogP contribution is -2.48. The van der Waals surface area contributed by atoms with Gasteiger partial charge in [0.2, 0.25) is 5.95 Å². The van der Waals surface area contributed by atoms with Crippen molar-refractivity contribution in [3.63, 3.8) is 0 Å². The Bertz CT molecular complexity index is 745. The number of piperidine rings is 1. The Hall–Kier alpha value is -2.48. The van der Waals surface area contributed by atoms with Crippen molar-refractivity contribution >= 4 is 11.9 Å². The van der Waals surface area contributed by atoms with Gasteiger partial charge in [0, 0.05) is 62.3 Å². The lowest BCUT2D eigenvalue weighted by atomic mass is 10.0. The number of hydrogen-bond donors (Lipinski definition) is 2. The molecule has 4 rings (SSSR count). The van der Waals surface area contributed by atoms with E-state index in [0.29, 0.717) is 5.69 Å². The summed E-state index contributed by atoms with van der Waals surface area (Å²) in [6.07, 6.45) is 6.37. The monoisotopic (exact) mass is 341 g/mol. The van der Waals surface area contributed by atoms with Gasteiger partial charge in [-0.15, -0.1) is 0 Å². The van der Waals surface area contributed by atoms with Gasteiger partial charge in [-0.2, -0.15) is 5.10 Å². The first kappa shape index (κ1) is 16.0. The third kappa shape index (κ3) is 3.34. The van der Waals surface area contributed by atoms with Crippen LogP contribution >= 0.6 is 0 Å². The second-order valence-electron chi connectivity index (χ2n) is 6.82. The van der Waals surface area contributed by atoms with Crippen LogP contribution in [-0.2, 0) is 13.0 Å². The number of nitrogens with zero attached hydrogens (tertiary/aromatic N) is 5. The first-order chi connectivity index (χ1) is 12.2. The Kier molecular flexibility index (Phi) is 4.35. The van der Waals surface area contributed by atoms with Gasteiger partial charge in [0.15, 0.2) is 5.69 Å². The molecule has 1 saturated heterocycles. The van der Waals surface area contributed by atoms with Crippen molar-refractivity contribution in [3.05, 3.63) is 35.4 Å². The van der Waals surface area contributed by atoms with Gasteiger partial charge in [-0.1, -0.05) is 0 Å². The third-order valence-corrected chi connectivity index (χ3v) is 4.93. The van der Waals surface area contributed by atoms with Crippen LogP contribution in [0.5, 0.6) is 0 Å². The van der Waals surface area contributed by atoms with Crippen LogP contribution in [0.1, 0.15) is 34.6 Å². The molecule has 4 heterocycles. The molecule has 0 saturated carbocycles. The van der Waals surface area contributed by atoms with Crippen LogP contribution in [-0.4, -0.2) is 63.7 Å². The molecule has 2 aromatic rings. The normalized spacial score (nSPS) is 21.0. The predicted molar refractivity (Wildman–Crippen MR) is 93.4 cm³/mol. The van der Waals surface area contributed by atoms with Crippen molar-refractivity contribution in [2.75, 3.05) is 31.6 Å². The summed E-state index contributed by atoms with van der Waals surface area (Å²) in [5.74, 6) is 0.633. The van der Waals surface area contributed by atoms with Crippen molar-refractivity contribution in [2.24, 2.45) is 0 Å². The minimum atomic E-state index is -0.0892. The van der Waals surface area contributed by atoms with Crippen molar-refractivity contribution < 1.29 is 4.79 Å². The summed E-state index contributed by atoms with van der Waals surface area (Å²) in [5.41, 5.74) is 2.66. The lowest BCUT2D eigenvalue weighted by molar-refractivity contribution is 0.0926. The highest BCUT2D eigenvalue weighted by molar-refractivity contribution is 5.94. The molecule has 0 spiro atoms. The Morgan fingerprint density at radius 3 is 3.00 bits per heavy atom. The van der Waals surface area contributed by atoms with E-state index < -0.39 is 0 Å². The molecule has 0 radical (unpaired) electrons. The molecule has 132 valence electrons. The minimum Gasteiger partial charge on any atom is -0.346 e. The fraction of sp³-hybridized carbons (Fsp3) is 0.529. The summed E-state index contributed by atoms with van der Waals surface area (Å²) in [4.78, 5) is 25.7. The molecule has 1 atom stereocenters. The zero-order chi connectivity index (χ0) is 17.2. The number of fused-ring (bicyclic) bond motifs is 1. The van der Waals surface area contributed by atoms with Gasteiger partial charge in [0.1, 0.15) is 0 Å². The van der Waals surface area contributed by atoms with Crippen molar-refractivity contribution in [2.45, 2.75) is 31.8 Å². The predicted octanol–water partition coefficient (Wildman–Crippen LogP) is 0.586. The highest BCUT2D eigenvalue weighted by atomic mass is 16.2. The smallest absolute Gasteiger partial charge is 0.272 e. The van der Waals surface area contributed by atoms with Crippen molar-refractivity contribution in [1.82, 2.24) is 30.4 Å². The second-order valence-corrected chi connectivity index (χ2v) is 6.82. The molecule has 0 bridgehead atoms. The van der Waals surface area contributed by atoms with Crippen LogP contribution in [0.25, 0.3) is 0 Å². The molecular weight excluding hydrogens is 318 g/mol. The lowest BCUT2D eigenvalue weighted by Gasteiger charge is -2.33. The molecule has 2 aliphatic heterocycles. The van der Waals surface area contributed by atoms with Gasteiger partial charge in [-0.05, 0) is 26.0 Å². The van der Waals surface area contributed by atoms with Crippen molar-refractivity contribution in [1.29, 1.82) is 0 Å². The standard InChI is InChI=1S/C17H23N7O/c1-23-9-5-14-13(11-23)15(22-21-14)16(25)20-12-4-2-8-24(10-12)17-18-6-3-7-19-17/h3,6-7,12H,2,4-5,8-11H2,1H3,(H,20,25)(H,21,22)/t12-/m0/s1. The number of likely N-dealkylation sites (N-methyl/N-ethyl adjacent to an activating group) is 1. The molecule has 0 unspecified atom stereocenters. The molecule has 25 heavy (non-hydrogen) atoms. The summed E-state index contributed by atoms with van der Waals surface area (Å²) < 4.78 is 0. The van der Waals surface area contributed by atoms with E-state index in [-0.39, 0.29) is 11.9 Å². The Balaban J connectivity index is 1.44. The molecule has 0 aromatic carbocycles. The second kappa shape index (κ2) is 6.79. The summed E-state index contributed by atoms with van der Waals surface area (Å²) >= 11 is 0.